The second-order valence-electron chi connectivity index (χ2n) is 15.3. The Morgan fingerprint density at radius 3 is 1.72 bits per heavy atom. The normalized spacial score (nSPS) is 12.0. The number of allylic oxidation sites excluding steroid dienone is 2. The summed E-state index contributed by atoms with van der Waals surface area (Å²) in [4.78, 5) is 25.2. The topological polar surface area (TPSA) is 90.7 Å². The summed E-state index contributed by atoms with van der Waals surface area (Å²) in [6.45, 7) is 6.11. The van der Waals surface area contributed by atoms with E-state index in [9.17, 15) is 0 Å². The summed E-state index contributed by atoms with van der Waals surface area (Å²) >= 11 is 0. The van der Waals surface area contributed by atoms with Crippen molar-refractivity contribution < 1.29 is 8.83 Å². The number of hydrogen-bond acceptors (Lipinski definition) is 7. The summed E-state index contributed by atoms with van der Waals surface area (Å²) < 4.78 is 13.8. The lowest BCUT2D eigenvalue weighted by Gasteiger charge is -2.12. The van der Waals surface area contributed by atoms with E-state index in [0.717, 1.165) is 98.5 Å². The van der Waals surface area contributed by atoms with Gasteiger partial charge in [-0.05, 0) is 98.9 Å². The number of aryl methyl sites for hydroxylation is 1. The lowest BCUT2D eigenvalue weighted by Crippen LogP contribution is -2.02. The molecule has 61 heavy (non-hydrogen) atoms. The molecular formula is C54H33N5O2. The van der Waals surface area contributed by atoms with Crippen molar-refractivity contribution in [3.63, 3.8) is 0 Å². The van der Waals surface area contributed by atoms with Crippen LogP contribution in [-0.2, 0) is 0 Å². The van der Waals surface area contributed by atoms with Gasteiger partial charge in [0.25, 0.3) is 0 Å². The third-order valence-corrected chi connectivity index (χ3v) is 11.8. The minimum absolute atomic E-state index is 0.414. The Kier molecular flexibility index (Phi) is 7.77. The van der Waals surface area contributed by atoms with Crippen LogP contribution in [0.15, 0.2) is 179 Å². The molecule has 0 amide bonds. The molecule has 0 saturated carbocycles. The molecular weight excluding hydrogens is 751 g/mol. The number of hydrogen-bond donors (Lipinski definition) is 0. The molecule has 0 aliphatic heterocycles. The summed E-state index contributed by atoms with van der Waals surface area (Å²) in [6, 6.07) is 47.6. The molecule has 0 spiro atoms. The standard InChI is InChI=1S/C54H33N5O2/c1-3-4-12-35-29-40(50-46(31(35)2)47-37-16-8-5-13-32(37)21-23-44(47)60-50)52-57-53(59-54(58-52)43-20-11-19-42(56-43)34-25-27-55-28-26-34)41-30-36-15-7-10-18-39(36)49-48-38-17-9-6-14-33(38)22-24-45(48)61-51(41)49/h3-30H,1H2,2H3/b12-4-. The van der Waals surface area contributed by atoms with Gasteiger partial charge in [-0.1, -0.05) is 116 Å². The van der Waals surface area contributed by atoms with Crippen LogP contribution in [0, 0.1) is 6.92 Å². The number of pyridine rings is 2. The zero-order chi connectivity index (χ0) is 40.6. The highest BCUT2D eigenvalue weighted by Gasteiger charge is 2.25. The molecule has 0 unspecified atom stereocenters. The predicted molar refractivity (Wildman–Crippen MR) is 248 cm³/mol. The van der Waals surface area contributed by atoms with Crippen LogP contribution in [0.5, 0.6) is 0 Å². The molecule has 7 heteroatoms. The van der Waals surface area contributed by atoms with E-state index in [2.05, 4.69) is 134 Å². The van der Waals surface area contributed by atoms with Crippen LogP contribution in [0.1, 0.15) is 11.1 Å². The maximum absolute atomic E-state index is 6.89. The van der Waals surface area contributed by atoms with E-state index in [1.54, 1.807) is 18.5 Å². The van der Waals surface area contributed by atoms with Crippen LogP contribution in [-0.4, -0.2) is 24.9 Å². The molecule has 7 aromatic carbocycles. The van der Waals surface area contributed by atoms with Crippen LogP contribution < -0.4 is 0 Å². The number of benzene rings is 7. The van der Waals surface area contributed by atoms with Gasteiger partial charge >= 0.3 is 0 Å². The van der Waals surface area contributed by atoms with Gasteiger partial charge in [0.1, 0.15) is 28.0 Å². The van der Waals surface area contributed by atoms with E-state index in [1.807, 2.05) is 36.4 Å². The van der Waals surface area contributed by atoms with Crippen molar-refractivity contribution in [1.29, 1.82) is 0 Å². The molecule has 286 valence electrons. The van der Waals surface area contributed by atoms with Crippen molar-refractivity contribution >= 4 is 82.3 Å². The Bertz CT molecular complexity index is 3810. The second kappa shape index (κ2) is 13.6. The van der Waals surface area contributed by atoms with Gasteiger partial charge in [0.05, 0.1) is 16.8 Å². The summed E-state index contributed by atoms with van der Waals surface area (Å²) in [5, 5.41) is 10.8. The van der Waals surface area contributed by atoms with Crippen molar-refractivity contribution in [3.05, 3.63) is 182 Å². The molecule has 0 radical (unpaired) electrons. The van der Waals surface area contributed by atoms with Crippen LogP contribution in [0.4, 0.5) is 0 Å². The maximum Gasteiger partial charge on any atom is 0.182 e. The van der Waals surface area contributed by atoms with Gasteiger partial charge in [-0.25, -0.2) is 19.9 Å². The average molecular weight is 784 g/mol. The van der Waals surface area contributed by atoms with Crippen molar-refractivity contribution in [1.82, 2.24) is 24.9 Å². The summed E-state index contributed by atoms with van der Waals surface area (Å²) in [6.07, 6.45) is 9.34. The molecule has 0 bridgehead atoms. The van der Waals surface area contributed by atoms with Gasteiger partial charge in [0.2, 0.25) is 0 Å². The van der Waals surface area contributed by atoms with Crippen LogP contribution in [0.2, 0.25) is 0 Å². The molecule has 0 N–H and O–H groups in total. The number of furan rings is 2. The van der Waals surface area contributed by atoms with Crippen LogP contribution in [0.3, 0.4) is 0 Å². The third-order valence-electron chi connectivity index (χ3n) is 11.8. The Morgan fingerprint density at radius 1 is 0.492 bits per heavy atom. The smallest absolute Gasteiger partial charge is 0.182 e. The first-order valence-electron chi connectivity index (χ1n) is 20.2. The number of aromatic nitrogens is 5. The highest BCUT2D eigenvalue weighted by molar-refractivity contribution is 6.28. The summed E-state index contributed by atoms with van der Waals surface area (Å²) in [5.74, 6) is 1.31. The minimum atomic E-state index is 0.414. The van der Waals surface area contributed by atoms with Crippen LogP contribution >= 0.6 is 0 Å². The van der Waals surface area contributed by atoms with Gasteiger partial charge in [0, 0.05) is 39.5 Å². The first-order valence-corrected chi connectivity index (χ1v) is 20.2. The molecule has 0 aliphatic rings. The molecule has 5 aromatic heterocycles. The highest BCUT2D eigenvalue weighted by atomic mass is 16.3. The molecule has 0 aliphatic carbocycles. The van der Waals surface area contributed by atoms with Gasteiger partial charge in [-0.15, -0.1) is 0 Å². The van der Waals surface area contributed by atoms with Gasteiger partial charge in [-0.2, -0.15) is 0 Å². The van der Waals surface area contributed by atoms with Gasteiger partial charge < -0.3 is 8.83 Å². The number of rotatable bonds is 6. The summed E-state index contributed by atoms with van der Waals surface area (Å²) in [5.41, 5.74) is 8.83. The van der Waals surface area contributed by atoms with Gasteiger partial charge in [-0.3, -0.25) is 4.98 Å². The molecule has 12 rings (SSSR count). The molecule has 7 nitrogen and oxygen atoms in total. The zero-order valence-corrected chi connectivity index (χ0v) is 32.9. The van der Waals surface area contributed by atoms with E-state index in [1.165, 1.54) is 0 Å². The Balaban J connectivity index is 1.20. The fourth-order valence-corrected chi connectivity index (χ4v) is 8.93. The van der Waals surface area contributed by atoms with E-state index >= 15 is 0 Å². The molecule has 12 aromatic rings. The minimum Gasteiger partial charge on any atom is -0.455 e. The van der Waals surface area contributed by atoms with Crippen LogP contribution in [0.25, 0.3) is 128 Å². The molecule has 5 heterocycles. The quantitative estimate of drug-likeness (QED) is 0.155. The maximum atomic E-state index is 6.89. The predicted octanol–water partition coefficient (Wildman–Crippen LogP) is 14.1. The van der Waals surface area contributed by atoms with Gasteiger partial charge in [0.15, 0.2) is 17.5 Å². The average Bonchev–Trinajstić information content (AvgIpc) is 3.92. The SMILES string of the molecule is C=C/C=C\c1cc(-c2nc(-c3cccc(-c4ccncc4)n3)nc(-c3cc4ccccc4c4c3oc3ccc5ccccc5c34)n2)c2oc3ccc4ccccc4c3c2c1C. The van der Waals surface area contributed by atoms with E-state index < -0.39 is 0 Å². The lowest BCUT2D eigenvalue weighted by atomic mass is 9.95. The van der Waals surface area contributed by atoms with Crippen molar-refractivity contribution in [2.24, 2.45) is 0 Å². The number of nitrogens with zero attached hydrogens (tertiary/aromatic N) is 5. The first kappa shape index (κ1) is 34.7. The largest absolute Gasteiger partial charge is 0.455 e. The summed E-state index contributed by atoms with van der Waals surface area (Å²) in [7, 11) is 0. The Labute approximate surface area is 349 Å². The first-order chi connectivity index (χ1) is 30.1. The third kappa shape index (κ3) is 5.48. The number of fused-ring (bicyclic) bond motifs is 12. The second-order valence-corrected chi connectivity index (χ2v) is 15.3. The molecule has 0 atom stereocenters. The van der Waals surface area contributed by atoms with E-state index in [4.69, 9.17) is 28.8 Å². The zero-order valence-electron chi connectivity index (χ0n) is 32.9. The Morgan fingerprint density at radius 2 is 1.05 bits per heavy atom. The van der Waals surface area contributed by atoms with E-state index in [-0.39, 0.29) is 0 Å². The van der Waals surface area contributed by atoms with Crippen molar-refractivity contribution in [3.8, 4) is 45.6 Å². The van der Waals surface area contributed by atoms with Crippen molar-refractivity contribution in [2.75, 3.05) is 0 Å². The fourth-order valence-electron chi connectivity index (χ4n) is 8.93. The van der Waals surface area contributed by atoms with E-state index in [0.29, 0.717) is 34.3 Å². The van der Waals surface area contributed by atoms with Crippen molar-refractivity contribution in [2.45, 2.75) is 6.92 Å². The molecule has 0 fully saturated rings. The fraction of sp³-hybridized carbons (Fsp3) is 0.0185. The molecule has 0 saturated heterocycles. The monoisotopic (exact) mass is 783 g/mol. The highest BCUT2D eigenvalue weighted by Crippen LogP contribution is 2.45. The Hall–Kier alpha value is -8.29. The lowest BCUT2D eigenvalue weighted by molar-refractivity contribution is 0.669.